The molecule has 0 aliphatic carbocycles. The van der Waals surface area contributed by atoms with Crippen molar-refractivity contribution in [2.24, 2.45) is 35.5 Å². The Hall–Kier alpha value is -6.25. The Morgan fingerprint density at radius 1 is 0.483 bits per heavy atom. The zero-order valence-electron chi connectivity index (χ0n) is 57.7. The van der Waals surface area contributed by atoms with Crippen molar-refractivity contribution in [1.82, 2.24) is 55.6 Å². The fraction of sp³-hybridized carbons (Fsp3) is 0.794. The molecule has 0 aromatic carbocycles. The zero-order chi connectivity index (χ0) is 69.0. The third kappa shape index (κ3) is 21.7. The number of aliphatic hydroxyl groups excluding tert-OH is 3. The molecule has 1 aliphatic rings. The van der Waals surface area contributed by atoms with Gasteiger partial charge in [0, 0.05) is 54.7 Å². The first-order valence-electron chi connectivity index (χ1n) is 31.5. The number of likely N-dealkylation sites (N-methyl/N-ethyl adjacent to an activating group) is 7. The largest absolute Gasteiger partial charge is 0.394 e. The number of ether oxygens (including phenoxy) is 1. The van der Waals surface area contributed by atoms with Crippen molar-refractivity contribution in [3.63, 3.8) is 0 Å². The number of carbonyl (C=O) groups excluding carboxylic acids is 11. The van der Waals surface area contributed by atoms with Crippen molar-refractivity contribution in [2.45, 2.75) is 222 Å². The van der Waals surface area contributed by atoms with E-state index in [2.05, 4.69) is 21.3 Å². The van der Waals surface area contributed by atoms with Gasteiger partial charge in [-0.05, 0) is 89.9 Å². The van der Waals surface area contributed by atoms with E-state index in [4.69, 9.17) is 4.74 Å². The minimum Gasteiger partial charge on any atom is -0.394 e. The van der Waals surface area contributed by atoms with Crippen LogP contribution < -0.4 is 21.3 Å². The smallest absolute Gasteiger partial charge is 0.248 e. The summed E-state index contributed by atoms with van der Waals surface area (Å²) in [6.45, 7) is 26.5. The van der Waals surface area contributed by atoms with Crippen molar-refractivity contribution < 1.29 is 72.8 Å². The van der Waals surface area contributed by atoms with Gasteiger partial charge in [0.05, 0.1) is 32.0 Å². The Bertz CT molecular complexity index is 2420. The first-order valence-corrected chi connectivity index (χ1v) is 31.5. The molecular weight excluding hydrogens is 1150 g/mol. The highest BCUT2D eigenvalue weighted by Gasteiger charge is 2.47. The molecule has 510 valence electrons. The Morgan fingerprint density at radius 3 is 1.37 bits per heavy atom. The van der Waals surface area contributed by atoms with Gasteiger partial charge in [-0.3, -0.25) is 52.7 Å². The second kappa shape index (κ2) is 37.2. The standard InChI is InChI=1S/C63H113N11O15/c1-24-27-39(14)52(77)51-56(81)66-43(25-2)58(83)74(26-3)47(33-76)61(86)72(22)50(42(17)89-29-28-75)55(80)67-48(37(10)11)62(87)68(18)44(30-34(4)5)54(79)64-40(15)53(78)65-41(16)57(82)69(19)45(31-35(6)7)59(84)70(20)46(32-36(8)9)60(85)71(21)49(38(12)13)63(88)73(51)23/h24,27,34-52,75-77H,25-26,28-33H2,1-23H3,(H,64,79)(H,65,78)(H,66,81)(H,67,80)/b27-24+/t39-,40+,41-,42-,43+,44+,45+,46+,47-,48+,49+,50?,51+,52-/m1/s1. The topological polar surface area (TPSA) is 328 Å². The molecule has 1 aliphatic heterocycles. The average Bonchev–Trinajstić information content (AvgIpc) is 2.37. The quantitative estimate of drug-likeness (QED) is 0.0941. The number of allylic oxidation sites excluding steroid dienone is 1. The van der Waals surface area contributed by atoms with E-state index in [0.29, 0.717) is 0 Å². The number of nitrogens with one attached hydrogen (secondary N) is 4. The van der Waals surface area contributed by atoms with Crippen molar-refractivity contribution >= 4 is 65.0 Å². The van der Waals surface area contributed by atoms with Crippen LogP contribution in [0.2, 0.25) is 0 Å². The van der Waals surface area contributed by atoms with Crippen LogP contribution in [-0.2, 0) is 57.5 Å². The summed E-state index contributed by atoms with van der Waals surface area (Å²) in [5.41, 5.74) is 0. The minimum atomic E-state index is -1.72. The van der Waals surface area contributed by atoms with Crippen LogP contribution in [0.3, 0.4) is 0 Å². The highest BCUT2D eigenvalue weighted by atomic mass is 16.5. The summed E-state index contributed by atoms with van der Waals surface area (Å²) in [6, 6.07) is -15.2. The third-order valence-electron chi connectivity index (χ3n) is 16.6. The van der Waals surface area contributed by atoms with Crippen molar-refractivity contribution in [1.29, 1.82) is 0 Å². The van der Waals surface area contributed by atoms with E-state index >= 15 is 9.59 Å². The van der Waals surface area contributed by atoms with Crippen molar-refractivity contribution in [3.8, 4) is 0 Å². The molecule has 1 heterocycles. The van der Waals surface area contributed by atoms with Crippen LogP contribution in [0.15, 0.2) is 12.2 Å². The lowest BCUT2D eigenvalue weighted by Crippen LogP contribution is -2.65. The van der Waals surface area contributed by atoms with Gasteiger partial charge in [0.1, 0.15) is 66.5 Å². The lowest BCUT2D eigenvalue weighted by Gasteiger charge is -2.41. The molecule has 14 atom stereocenters. The van der Waals surface area contributed by atoms with Gasteiger partial charge in [0.2, 0.25) is 65.0 Å². The lowest BCUT2D eigenvalue weighted by atomic mass is 9.93. The SMILES string of the molecule is C/C=C/[C@@H](C)[C@@H](O)[C@H]1C(=O)N[C@@H](CC)C(=O)N(CC)[C@H](CO)C(=O)N(C)C([C@@H](C)OCCO)C(=O)N[C@@H](C(C)C)C(=O)N(C)[C@@H](CC(C)C)C(=O)N[C@@H](C)C(=O)N[C@H](C)C(=O)N(C)[C@@H](CC(C)C)C(=O)N(C)[C@@H](CC(C)C)C(=O)N(C)[C@@H](C(C)C)C(=O)N1C. The third-order valence-corrected chi connectivity index (χ3v) is 16.6. The predicted molar refractivity (Wildman–Crippen MR) is 337 cm³/mol. The van der Waals surface area contributed by atoms with Gasteiger partial charge < -0.3 is 75.6 Å². The number of hydrogen-bond acceptors (Lipinski definition) is 15. The summed E-state index contributed by atoms with van der Waals surface area (Å²) >= 11 is 0. The van der Waals surface area contributed by atoms with Crippen molar-refractivity contribution in [3.05, 3.63) is 12.2 Å². The first kappa shape index (κ1) is 80.8. The molecule has 11 amide bonds. The number of carbonyl (C=O) groups is 11. The van der Waals surface area contributed by atoms with Gasteiger partial charge >= 0.3 is 0 Å². The zero-order valence-corrected chi connectivity index (χ0v) is 57.7. The molecule has 0 bridgehead atoms. The van der Waals surface area contributed by atoms with Crippen molar-refractivity contribution in [2.75, 3.05) is 68.7 Å². The van der Waals surface area contributed by atoms with Gasteiger partial charge in [-0.1, -0.05) is 95.2 Å². The fourth-order valence-electron chi connectivity index (χ4n) is 11.3. The van der Waals surface area contributed by atoms with Gasteiger partial charge in [-0.25, -0.2) is 0 Å². The summed E-state index contributed by atoms with van der Waals surface area (Å²) in [7, 11) is 8.17. The normalized spacial score (nSPS) is 27.4. The Morgan fingerprint density at radius 2 is 0.921 bits per heavy atom. The summed E-state index contributed by atoms with van der Waals surface area (Å²) < 4.78 is 5.80. The van der Waals surface area contributed by atoms with E-state index < -0.39 is 175 Å². The maximum atomic E-state index is 15.2. The molecule has 0 spiro atoms. The minimum absolute atomic E-state index is 0.0932. The maximum Gasteiger partial charge on any atom is 0.248 e. The van der Waals surface area contributed by atoms with E-state index in [1.165, 1.54) is 84.7 Å². The van der Waals surface area contributed by atoms with Gasteiger partial charge in [-0.2, -0.15) is 0 Å². The highest BCUT2D eigenvalue weighted by Crippen LogP contribution is 2.26. The fourth-order valence-corrected chi connectivity index (χ4v) is 11.3. The van der Waals surface area contributed by atoms with E-state index in [-0.39, 0.29) is 56.6 Å². The molecule has 0 aromatic heterocycles. The lowest BCUT2D eigenvalue weighted by molar-refractivity contribution is -0.158. The van der Waals surface area contributed by atoms with Crippen LogP contribution in [-0.4, -0.2) is 262 Å². The van der Waals surface area contributed by atoms with E-state index in [1.807, 2.05) is 41.5 Å². The predicted octanol–water partition coefficient (Wildman–Crippen LogP) is 0.981. The second-order valence-electron chi connectivity index (χ2n) is 25.9. The molecule has 0 saturated carbocycles. The molecule has 89 heavy (non-hydrogen) atoms. The number of amides is 11. The molecular formula is C63H113N11O15. The molecule has 7 N–H and O–H groups in total. The van der Waals surface area contributed by atoms with Crippen LogP contribution in [0.4, 0.5) is 0 Å². The second-order valence-corrected chi connectivity index (χ2v) is 25.9. The van der Waals surface area contributed by atoms with Crippen LogP contribution in [0.25, 0.3) is 0 Å². The van der Waals surface area contributed by atoms with E-state index in [1.54, 1.807) is 60.6 Å². The molecule has 0 radical (unpaired) electrons. The number of aliphatic hydroxyl groups is 3. The monoisotopic (exact) mass is 1260 g/mol. The molecule has 26 heteroatoms. The summed E-state index contributed by atoms with van der Waals surface area (Å²) in [4.78, 5) is 170. The Balaban J connectivity index is 4.49. The highest BCUT2D eigenvalue weighted by molar-refractivity contribution is 6.00. The van der Waals surface area contributed by atoms with Gasteiger partial charge in [-0.15, -0.1) is 0 Å². The summed E-state index contributed by atoms with van der Waals surface area (Å²) in [6.07, 6.45) is 0.695. The summed E-state index contributed by atoms with van der Waals surface area (Å²) in [5.74, 6) is -11.3. The van der Waals surface area contributed by atoms with Crippen LogP contribution in [0.1, 0.15) is 143 Å². The molecule has 1 saturated heterocycles. The van der Waals surface area contributed by atoms with Gasteiger partial charge in [0.25, 0.3) is 0 Å². The number of rotatable bonds is 18. The number of hydrogen-bond donors (Lipinski definition) is 7. The Labute approximate surface area is 529 Å². The maximum absolute atomic E-state index is 15.2. The van der Waals surface area contributed by atoms with Crippen LogP contribution in [0.5, 0.6) is 0 Å². The molecule has 0 aromatic rings. The van der Waals surface area contributed by atoms with Gasteiger partial charge in [0.15, 0.2) is 0 Å². The van der Waals surface area contributed by atoms with E-state index in [9.17, 15) is 58.5 Å². The average molecular weight is 1260 g/mol. The summed E-state index contributed by atoms with van der Waals surface area (Å²) in [5, 5.41) is 43.6. The van der Waals surface area contributed by atoms with Crippen LogP contribution in [0, 0.1) is 35.5 Å². The van der Waals surface area contributed by atoms with Crippen LogP contribution >= 0.6 is 0 Å². The molecule has 1 fully saturated rings. The molecule has 1 rings (SSSR count). The number of nitrogens with zero attached hydrogens (tertiary/aromatic N) is 7. The van der Waals surface area contributed by atoms with E-state index in [0.717, 1.165) is 19.6 Å². The Kier molecular flexibility index (Phi) is 33.7. The first-order chi connectivity index (χ1) is 41.3. The molecule has 1 unspecified atom stereocenters. The molecule has 26 nitrogen and oxygen atoms in total.